The van der Waals surface area contributed by atoms with Gasteiger partial charge in [0, 0.05) is 31.4 Å². The van der Waals surface area contributed by atoms with Gasteiger partial charge in [-0.2, -0.15) is 0 Å². The molecule has 132 valence electrons. The molecule has 4 heteroatoms. The molecule has 3 N–H and O–H groups in total. The van der Waals surface area contributed by atoms with Crippen molar-refractivity contribution in [3.63, 3.8) is 0 Å². The summed E-state index contributed by atoms with van der Waals surface area (Å²) >= 11 is 0. The molecular formula is C21H27N3O. The van der Waals surface area contributed by atoms with Crippen LogP contribution < -0.4 is 16.0 Å². The molecule has 1 heterocycles. The number of benzene rings is 2. The van der Waals surface area contributed by atoms with Crippen molar-refractivity contribution in [3.8, 4) is 0 Å². The Labute approximate surface area is 150 Å². The van der Waals surface area contributed by atoms with Crippen LogP contribution in [-0.4, -0.2) is 19.0 Å². The zero-order valence-electron chi connectivity index (χ0n) is 15.0. The molecule has 1 saturated heterocycles. The molecule has 0 aliphatic carbocycles. The van der Waals surface area contributed by atoms with E-state index in [0.717, 1.165) is 37.2 Å². The van der Waals surface area contributed by atoms with Crippen LogP contribution in [-0.2, 0) is 4.79 Å². The van der Waals surface area contributed by atoms with E-state index in [4.69, 9.17) is 5.73 Å². The van der Waals surface area contributed by atoms with Gasteiger partial charge in [0.1, 0.15) is 0 Å². The smallest absolute Gasteiger partial charge is 0.217 e. The molecule has 4 nitrogen and oxygen atoms in total. The van der Waals surface area contributed by atoms with Gasteiger partial charge in [-0.25, -0.2) is 0 Å². The summed E-state index contributed by atoms with van der Waals surface area (Å²) in [5.41, 5.74) is 10.4. The summed E-state index contributed by atoms with van der Waals surface area (Å²) in [5.74, 6) is 0.613. The molecule has 0 aromatic heterocycles. The van der Waals surface area contributed by atoms with Crippen LogP contribution >= 0.6 is 0 Å². The summed E-state index contributed by atoms with van der Waals surface area (Å²) in [6.45, 7) is 5.71. The molecule has 0 bridgehead atoms. The maximum Gasteiger partial charge on any atom is 0.217 e. The van der Waals surface area contributed by atoms with Crippen molar-refractivity contribution < 1.29 is 4.79 Å². The largest absolute Gasteiger partial charge is 0.399 e. The summed E-state index contributed by atoms with van der Waals surface area (Å²) in [5, 5.41) is 2.93. The van der Waals surface area contributed by atoms with Crippen LogP contribution in [0.5, 0.6) is 0 Å². The average Bonchev–Trinajstić information content (AvgIpc) is 2.62. The van der Waals surface area contributed by atoms with Crippen LogP contribution in [0.15, 0.2) is 48.5 Å². The summed E-state index contributed by atoms with van der Waals surface area (Å²) in [4.78, 5) is 13.6. The van der Waals surface area contributed by atoms with Gasteiger partial charge in [-0.15, -0.1) is 0 Å². The Hall–Kier alpha value is -2.49. The van der Waals surface area contributed by atoms with Crippen molar-refractivity contribution in [3.05, 3.63) is 59.7 Å². The number of anilines is 2. The van der Waals surface area contributed by atoms with Crippen molar-refractivity contribution in [2.45, 2.75) is 38.6 Å². The molecule has 3 rings (SSSR count). The lowest BCUT2D eigenvalue weighted by molar-refractivity contribution is -0.119. The average molecular weight is 337 g/mol. The number of hydrogen-bond donors (Lipinski definition) is 2. The van der Waals surface area contributed by atoms with Gasteiger partial charge in [0.25, 0.3) is 0 Å². The second-order valence-corrected chi connectivity index (χ2v) is 6.94. The molecule has 1 aliphatic heterocycles. The third-order valence-electron chi connectivity index (χ3n) is 5.08. The highest BCUT2D eigenvalue weighted by atomic mass is 16.1. The third kappa shape index (κ3) is 4.32. The van der Waals surface area contributed by atoms with Gasteiger partial charge >= 0.3 is 0 Å². The number of nitrogens with two attached hydrogens (primary N) is 1. The minimum Gasteiger partial charge on any atom is -0.399 e. The lowest BCUT2D eigenvalue weighted by Crippen LogP contribution is -2.32. The van der Waals surface area contributed by atoms with Gasteiger partial charge in [-0.3, -0.25) is 4.79 Å². The highest BCUT2D eigenvalue weighted by molar-refractivity contribution is 5.73. The normalized spacial score (nSPS) is 16.5. The summed E-state index contributed by atoms with van der Waals surface area (Å²) in [6, 6.07) is 16.9. The lowest BCUT2D eigenvalue weighted by atomic mass is 9.88. The van der Waals surface area contributed by atoms with Gasteiger partial charge in [0.15, 0.2) is 0 Å². The van der Waals surface area contributed by atoms with Gasteiger partial charge in [-0.05, 0) is 61.1 Å². The number of nitrogen functional groups attached to an aromatic ring is 1. The van der Waals surface area contributed by atoms with E-state index in [1.165, 1.54) is 11.3 Å². The summed E-state index contributed by atoms with van der Waals surface area (Å²) in [7, 11) is 0. The predicted molar refractivity (Wildman–Crippen MR) is 104 cm³/mol. The van der Waals surface area contributed by atoms with Crippen LogP contribution in [0.25, 0.3) is 0 Å². The number of carbonyl (C=O) groups excluding carboxylic acids is 1. The minimum atomic E-state index is 0.00613. The first kappa shape index (κ1) is 17.3. The molecule has 1 unspecified atom stereocenters. The van der Waals surface area contributed by atoms with Crippen LogP contribution in [0.1, 0.15) is 49.8 Å². The number of nitrogens with one attached hydrogen (secondary N) is 1. The molecule has 1 amide bonds. The number of amides is 1. The van der Waals surface area contributed by atoms with Crippen LogP contribution in [0.2, 0.25) is 0 Å². The summed E-state index contributed by atoms with van der Waals surface area (Å²) < 4.78 is 0. The molecule has 1 aliphatic rings. The molecule has 1 fully saturated rings. The monoisotopic (exact) mass is 337 g/mol. The fourth-order valence-electron chi connectivity index (χ4n) is 3.60. The van der Waals surface area contributed by atoms with Crippen LogP contribution in [0, 0.1) is 0 Å². The van der Waals surface area contributed by atoms with Gasteiger partial charge in [-0.1, -0.05) is 24.3 Å². The Kier molecular flexibility index (Phi) is 5.27. The number of piperidine rings is 1. The van der Waals surface area contributed by atoms with Gasteiger partial charge < -0.3 is 16.0 Å². The second kappa shape index (κ2) is 7.60. The number of rotatable bonds is 4. The van der Waals surface area contributed by atoms with Gasteiger partial charge in [0.2, 0.25) is 5.91 Å². The standard InChI is InChI=1S/C21H27N3O/c1-15(23-16(2)25)17-3-5-18(6-4-17)19-11-13-24(14-12-19)21-9-7-20(22)8-10-21/h3-10,15,19H,11-14,22H2,1-2H3,(H,23,25). The highest BCUT2D eigenvalue weighted by Crippen LogP contribution is 2.31. The van der Waals surface area contributed by atoms with E-state index in [-0.39, 0.29) is 11.9 Å². The number of hydrogen-bond acceptors (Lipinski definition) is 3. The molecule has 25 heavy (non-hydrogen) atoms. The van der Waals surface area contributed by atoms with Crippen molar-refractivity contribution in [2.75, 3.05) is 23.7 Å². The van der Waals surface area contributed by atoms with Crippen molar-refractivity contribution in [1.82, 2.24) is 5.32 Å². The Bertz CT molecular complexity index is 701. The first-order valence-corrected chi connectivity index (χ1v) is 9.00. The molecular weight excluding hydrogens is 310 g/mol. The van der Waals surface area contributed by atoms with Crippen LogP contribution in [0.3, 0.4) is 0 Å². The Morgan fingerprint density at radius 2 is 1.68 bits per heavy atom. The van der Waals surface area contributed by atoms with E-state index in [9.17, 15) is 4.79 Å². The van der Waals surface area contributed by atoms with E-state index >= 15 is 0 Å². The predicted octanol–water partition coefficient (Wildman–Crippen LogP) is 3.85. The Morgan fingerprint density at radius 1 is 1.08 bits per heavy atom. The van der Waals surface area contributed by atoms with E-state index in [1.54, 1.807) is 6.92 Å². The zero-order chi connectivity index (χ0) is 17.8. The molecule has 2 aromatic rings. The molecule has 2 aromatic carbocycles. The third-order valence-corrected chi connectivity index (χ3v) is 5.08. The summed E-state index contributed by atoms with van der Waals surface area (Å²) in [6.07, 6.45) is 2.32. The number of carbonyl (C=O) groups is 1. The Balaban J connectivity index is 1.59. The SMILES string of the molecule is CC(=O)NC(C)c1ccc(C2CCN(c3ccc(N)cc3)CC2)cc1. The molecule has 0 radical (unpaired) electrons. The molecule has 1 atom stereocenters. The molecule has 0 spiro atoms. The zero-order valence-corrected chi connectivity index (χ0v) is 15.0. The van der Waals surface area contributed by atoms with Crippen molar-refractivity contribution >= 4 is 17.3 Å². The maximum absolute atomic E-state index is 11.2. The van der Waals surface area contributed by atoms with Gasteiger partial charge in [0.05, 0.1) is 6.04 Å². The topological polar surface area (TPSA) is 58.4 Å². The van der Waals surface area contributed by atoms with Crippen molar-refractivity contribution in [2.24, 2.45) is 0 Å². The molecule has 0 saturated carbocycles. The first-order chi connectivity index (χ1) is 12.0. The Morgan fingerprint density at radius 3 is 2.24 bits per heavy atom. The fraction of sp³-hybridized carbons (Fsp3) is 0.381. The lowest BCUT2D eigenvalue weighted by Gasteiger charge is -2.34. The highest BCUT2D eigenvalue weighted by Gasteiger charge is 2.21. The minimum absolute atomic E-state index is 0.00613. The van der Waals surface area contributed by atoms with E-state index in [0.29, 0.717) is 5.92 Å². The second-order valence-electron chi connectivity index (χ2n) is 6.94. The van der Waals surface area contributed by atoms with E-state index < -0.39 is 0 Å². The quantitative estimate of drug-likeness (QED) is 0.833. The first-order valence-electron chi connectivity index (χ1n) is 9.00. The van der Waals surface area contributed by atoms with E-state index in [2.05, 4.69) is 46.6 Å². The number of nitrogens with zero attached hydrogens (tertiary/aromatic N) is 1. The maximum atomic E-state index is 11.2. The fourth-order valence-corrected chi connectivity index (χ4v) is 3.60. The van der Waals surface area contributed by atoms with Crippen LogP contribution in [0.4, 0.5) is 11.4 Å². The van der Waals surface area contributed by atoms with E-state index in [1.807, 2.05) is 19.1 Å². The van der Waals surface area contributed by atoms with Crippen molar-refractivity contribution in [1.29, 1.82) is 0 Å².